The summed E-state index contributed by atoms with van der Waals surface area (Å²) in [5, 5.41) is -1.00. The van der Waals surface area contributed by atoms with E-state index in [1.165, 1.54) is 6.08 Å². The standard InChI is InChI=1S/C4H5ClOS/c1-2-3(5)4(6)7/h2-3H,1H2,(H,6,7). The predicted octanol–water partition coefficient (Wildman–Crippen LogP) is 1.24. The zero-order valence-electron chi connectivity index (χ0n) is 3.60. The van der Waals surface area contributed by atoms with E-state index in [2.05, 4.69) is 19.2 Å². The molecule has 1 atom stereocenters. The molecule has 0 radical (unpaired) electrons. The van der Waals surface area contributed by atoms with Gasteiger partial charge in [-0.15, -0.1) is 30.8 Å². The maximum absolute atomic E-state index is 10.0. The van der Waals surface area contributed by atoms with Crippen LogP contribution < -0.4 is 0 Å². The quantitative estimate of drug-likeness (QED) is 0.343. The lowest BCUT2D eigenvalue weighted by Crippen LogP contribution is -2.01. The molecular weight excluding hydrogens is 132 g/mol. The summed E-state index contributed by atoms with van der Waals surface area (Å²) in [4.78, 5) is 10.0. The molecule has 0 saturated carbocycles. The number of thiol groups is 1. The first-order valence-corrected chi connectivity index (χ1v) is 2.56. The van der Waals surface area contributed by atoms with Gasteiger partial charge in [-0.2, -0.15) is 0 Å². The Bertz CT molecular complexity index is 91.7. The van der Waals surface area contributed by atoms with E-state index in [0.29, 0.717) is 0 Å². The molecule has 0 spiro atoms. The normalized spacial score (nSPS) is 12.9. The number of alkyl halides is 1. The molecule has 0 N–H and O–H groups in total. The lowest BCUT2D eigenvalue weighted by Gasteiger charge is -1.89. The van der Waals surface area contributed by atoms with Gasteiger partial charge in [-0.05, 0) is 0 Å². The van der Waals surface area contributed by atoms with Crippen LogP contribution in [0.3, 0.4) is 0 Å². The molecule has 1 nitrogen and oxygen atoms in total. The van der Waals surface area contributed by atoms with Gasteiger partial charge in [0.2, 0.25) is 5.12 Å². The van der Waals surface area contributed by atoms with Crippen molar-refractivity contribution in [2.24, 2.45) is 0 Å². The lowest BCUT2D eigenvalue weighted by atomic mass is 10.5. The fourth-order valence-corrected chi connectivity index (χ4v) is 0.206. The summed E-state index contributed by atoms with van der Waals surface area (Å²) < 4.78 is 0. The van der Waals surface area contributed by atoms with E-state index < -0.39 is 5.38 Å². The van der Waals surface area contributed by atoms with Crippen molar-refractivity contribution in [1.29, 1.82) is 0 Å². The van der Waals surface area contributed by atoms with Crippen LogP contribution >= 0.6 is 24.2 Å². The number of rotatable bonds is 2. The lowest BCUT2D eigenvalue weighted by molar-refractivity contribution is -0.109. The molecule has 0 aliphatic heterocycles. The molecule has 0 bridgehead atoms. The Kier molecular flexibility index (Phi) is 3.13. The van der Waals surface area contributed by atoms with Crippen LogP contribution in [-0.4, -0.2) is 10.5 Å². The van der Waals surface area contributed by atoms with Crippen LogP contribution in [0.1, 0.15) is 0 Å². The monoisotopic (exact) mass is 136 g/mol. The number of halogens is 1. The first-order valence-electron chi connectivity index (χ1n) is 1.68. The summed E-state index contributed by atoms with van der Waals surface area (Å²) in [6.45, 7) is 3.28. The number of hydrogen-bond donors (Lipinski definition) is 1. The first-order chi connectivity index (χ1) is 3.18. The summed E-state index contributed by atoms with van der Waals surface area (Å²) in [5.74, 6) is 0. The predicted molar refractivity (Wildman–Crippen MR) is 33.8 cm³/mol. The van der Waals surface area contributed by atoms with Crippen LogP contribution in [0.15, 0.2) is 12.7 Å². The Balaban J connectivity index is 3.55. The van der Waals surface area contributed by atoms with Crippen molar-refractivity contribution in [3.8, 4) is 0 Å². The third-order valence-corrected chi connectivity index (χ3v) is 1.25. The van der Waals surface area contributed by atoms with Crippen LogP contribution in [0.4, 0.5) is 0 Å². The minimum Gasteiger partial charge on any atom is -0.285 e. The third-order valence-electron chi connectivity index (χ3n) is 0.443. The Labute approximate surface area is 52.8 Å². The SMILES string of the molecule is C=CC(Cl)C(=O)S. The Morgan fingerprint density at radius 3 is 2.43 bits per heavy atom. The van der Waals surface area contributed by atoms with Gasteiger partial charge in [-0.25, -0.2) is 0 Å². The molecule has 0 saturated heterocycles. The highest BCUT2D eigenvalue weighted by Crippen LogP contribution is 1.99. The van der Waals surface area contributed by atoms with E-state index in [1.807, 2.05) is 0 Å². The number of carbonyl (C=O) groups excluding carboxylic acids is 1. The molecule has 0 aromatic heterocycles. The van der Waals surface area contributed by atoms with Gasteiger partial charge < -0.3 is 0 Å². The van der Waals surface area contributed by atoms with E-state index in [4.69, 9.17) is 11.6 Å². The second-order valence-electron chi connectivity index (χ2n) is 0.976. The van der Waals surface area contributed by atoms with Gasteiger partial charge in [0.25, 0.3) is 0 Å². The van der Waals surface area contributed by atoms with Gasteiger partial charge in [-0.3, -0.25) is 4.79 Å². The molecule has 0 aromatic carbocycles. The van der Waals surface area contributed by atoms with E-state index >= 15 is 0 Å². The van der Waals surface area contributed by atoms with Crippen molar-refractivity contribution in [1.82, 2.24) is 0 Å². The maximum Gasteiger partial charge on any atom is 0.207 e. The molecule has 40 valence electrons. The summed E-state index contributed by atoms with van der Waals surface area (Å²) in [6.07, 6.45) is 1.33. The van der Waals surface area contributed by atoms with Crippen molar-refractivity contribution < 1.29 is 4.79 Å². The average molecular weight is 137 g/mol. The first kappa shape index (κ1) is 7.05. The summed E-state index contributed by atoms with van der Waals surface area (Å²) in [7, 11) is 0. The summed E-state index contributed by atoms with van der Waals surface area (Å²) in [6, 6.07) is 0. The Morgan fingerprint density at radius 2 is 2.43 bits per heavy atom. The van der Waals surface area contributed by atoms with E-state index in [9.17, 15) is 4.79 Å². The number of hydrogen-bond acceptors (Lipinski definition) is 1. The van der Waals surface area contributed by atoms with Crippen LogP contribution in [-0.2, 0) is 4.79 Å². The molecule has 0 aliphatic rings. The van der Waals surface area contributed by atoms with Crippen LogP contribution in [0, 0.1) is 0 Å². The minimum absolute atomic E-state index is 0.364. The van der Waals surface area contributed by atoms with Gasteiger partial charge in [0.05, 0.1) is 0 Å². The Hall–Kier alpha value is 0.0500. The highest BCUT2D eigenvalue weighted by atomic mass is 35.5. The Morgan fingerprint density at radius 1 is 2.00 bits per heavy atom. The van der Waals surface area contributed by atoms with Crippen LogP contribution in [0.25, 0.3) is 0 Å². The molecule has 7 heavy (non-hydrogen) atoms. The second-order valence-corrected chi connectivity index (χ2v) is 1.89. The van der Waals surface area contributed by atoms with E-state index in [1.54, 1.807) is 0 Å². The van der Waals surface area contributed by atoms with Crippen molar-refractivity contribution in [2.45, 2.75) is 5.38 Å². The highest BCUT2D eigenvalue weighted by Gasteiger charge is 2.02. The van der Waals surface area contributed by atoms with Gasteiger partial charge >= 0.3 is 0 Å². The van der Waals surface area contributed by atoms with E-state index in [0.717, 1.165) is 0 Å². The van der Waals surface area contributed by atoms with Crippen LogP contribution in [0.5, 0.6) is 0 Å². The van der Waals surface area contributed by atoms with Gasteiger partial charge in [0, 0.05) is 0 Å². The van der Waals surface area contributed by atoms with E-state index in [-0.39, 0.29) is 5.12 Å². The maximum atomic E-state index is 10.0. The van der Waals surface area contributed by atoms with Crippen molar-refractivity contribution in [3.05, 3.63) is 12.7 Å². The van der Waals surface area contributed by atoms with Crippen LogP contribution in [0.2, 0.25) is 0 Å². The molecule has 0 fully saturated rings. The average Bonchev–Trinajstić information content (AvgIpc) is 1.65. The fraction of sp³-hybridized carbons (Fsp3) is 0.250. The van der Waals surface area contributed by atoms with Crippen molar-refractivity contribution >= 4 is 29.3 Å². The van der Waals surface area contributed by atoms with Gasteiger partial charge in [0.15, 0.2) is 0 Å². The van der Waals surface area contributed by atoms with Gasteiger partial charge in [-0.1, -0.05) is 6.08 Å². The largest absolute Gasteiger partial charge is 0.285 e. The molecule has 0 aromatic rings. The topological polar surface area (TPSA) is 17.1 Å². The second kappa shape index (κ2) is 3.10. The van der Waals surface area contributed by atoms with Crippen molar-refractivity contribution in [2.75, 3.05) is 0 Å². The molecule has 0 amide bonds. The number of carbonyl (C=O) groups is 1. The minimum atomic E-state index is -0.636. The highest BCUT2D eigenvalue weighted by molar-refractivity contribution is 7.97. The molecule has 0 aliphatic carbocycles. The fourth-order valence-electron chi connectivity index (χ4n) is 0.101. The molecule has 0 heterocycles. The zero-order valence-corrected chi connectivity index (χ0v) is 5.25. The van der Waals surface area contributed by atoms with Crippen molar-refractivity contribution in [3.63, 3.8) is 0 Å². The summed E-state index contributed by atoms with van der Waals surface area (Å²) in [5.41, 5.74) is 0. The molecule has 0 rings (SSSR count). The molecular formula is C4H5ClOS. The smallest absolute Gasteiger partial charge is 0.207 e. The van der Waals surface area contributed by atoms with Gasteiger partial charge in [0.1, 0.15) is 5.38 Å². The third kappa shape index (κ3) is 2.71. The zero-order chi connectivity index (χ0) is 5.86. The molecule has 1 unspecified atom stereocenters. The molecule has 3 heteroatoms. The summed E-state index contributed by atoms with van der Waals surface area (Å²) >= 11 is 8.69. The number of allylic oxidation sites excluding steroid dienone is 1.